The summed E-state index contributed by atoms with van der Waals surface area (Å²) in [7, 11) is 1.53. The van der Waals surface area contributed by atoms with E-state index < -0.39 is 0 Å². The van der Waals surface area contributed by atoms with E-state index in [9.17, 15) is 0 Å². The molecule has 1 fully saturated rings. The van der Waals surface area contributed by atoms with Gasteiger partial charge in [0.05, 0.1) is 7.11 Å². The summed E-state index contributed by atoms with van der Waals surface area (Å²) < 4.78 is 5.01. The van der Waals surface area contributed by atoms with E-state index in [1.807, 2.05) is 0 Å². The van der Waals surface area contributed by atoms with Gasteiger partial charge in [0.2, 0.25) is 11.2 Å². The van der Waals surface area contributed by atoms with Crippen LogP contribution in [0.25, 0.3) is 0 Å². The maximum Gasteiger partial charge on any atom is 0.322 e. The van der Waals surface area contributed by atoms with Crippen LogP contribution in [0.15, 0.2) is 0 Å². The normalized spacial score (nSPS) is 17.4. The summed E-state index contributed by atoms with van der Waals surface area (Å²) >= 11 is 5.85. The molecule has 0 spiro atoms. The minimum Gasteiger partial charge on any atom is -0.467 e. The van der Waals surface area contributed by atoms with Crippen molar-refractivity contribution in [1.29, 1.82) is 0 Å². The highest BCUT2D eigenvalue weighted by Gasteiger charge is 2.14. The van der Waals surface area contributed by atoms with Crippen LogP contribution < -0.4 is 9.64 Å². The molecule has 0 amide bonds. The van der Waals surface area contributed by atoms with Gasteiger partial charge < -0.3 is 9.64 Å². The second kappa shape index (κ2) is 6.00. The predicted octanol–water partition coefficient (Wildman–Crippen LogP) is 2.30. The Bertz CT molecular complexity index is 366. The number of hydrogen-bond acceptors (Lipinski definition) is 5. The Morgan fingerprint density at radius 3 is 2.29 bits per heavy atom. The summed E-state index contributed by atoms with van der Waals surface area (Å²) in [6, 6.07) is 0.280. The number of rotatable bonds is 2. The van der Waals surface area contributed by atoms with E-state index in [-0.39, 0.29) is 11.3 Å². The lowest BCUT2D eigenvalue weighted by Gasteiger charge is -2.24. The second-order valence-electron chi connectivity index (χ2n) is 4.15. The summed E-state index contributed by atoms with van der Waals surface area (Å²) in [4.78, 5) is 14.5. The SMILES string of the molecule is COc1nc(Cl)nc(N2CCCCCCC2)n1. The van der Waals surface area contributed by atoms with E-state index in [4.69, 9.17) is 16.3 Å². The Morgan fingerprint density at radius 2 is 1.65 bits per heavy atom. The molecule has 17 heavy (non-hydrogen) atoms. The van der Waals surface area contributed by atoms with E-state index in [0.29, 0.717) is 5.95 Å². The van der Waals surface area contributed by atoms with Crippen LogP contribution in [0.3, 0.4) is 0 Å². The van der Waals surface area contributed by atoms with Gasteiger partial charge in [0, 0.05) is 13.1 Å². The predicted molar refractivity (Wildman–Crippen MR) is 66.7 cm³/mol. The van der Waals surface area contributed by atoms with Crippen molar-refractivity contribution in [2.75, 3.05) is 25.1 Å². The topological polar surface area (TPSA) is 51.1 Å². The Kier molecular flexibility index (Phi) is 4.36. The molecule has 1 aromatic heterocycles. The smallest absolute Gasteiger partial charge is 0.322 e. The van der Waals surface area contributed by atoms with Crippen LogP contribution in [0.1, 0.15) is 32.1 Å². The van der Waals surface area contributed by atoms with Crippen LogP contribution in [-0.2, 0) is 0 Å². The molecule has 94 valence electrons. The minimum atomic E-state index is 0.189. The third-order valence-corrected chi connectivity index (χ3v) is 3.07. The van der Waals surface area contributed by atoms with Gasteiger partial charge in [-0.3, -0.25) is 0 Å². The van der Waals surface area contributed by atoms with Gasteiger partial charge in [-0.05, 0) is 24.4 Å². The molecule has 2 rings (SSSR count). The van der Waals surface area contributed by atoms with Crippen molar-refractivity contribution in [3.63, 3.8) is 0 Å². The van der Waals surface area contributed by atoms with E-state index in [1.165, 1.54) is 39.2 Å². The van der Waals surface area contributed by atoms with Gasteiger partial charge in [-0.2, -0.15) is 15.0 Å². The van der Waals surface area contributed by atoms with Gasteiger partial charge in [-0.1, -0.05) is 19.3 Å². The molecule has 0 saturated carbocycles. The summed E-state index contributed by atoms with van der Waals surface area (Å²) in [5.41, 5.74) is 0. The summed E-state index contributed by atoms with van der Waals surface area (Å²) in [5, 5.41) is 0.189. The zero-order valence-electron chi connectivity index (χ0n) is 10.0. The fourth-order valence-electron chi connectivity index (χ4n) is 2.00. The van der Waals surface area contributed by atoms with Crippen molar-refractivity contribution in [2.45, 2.75) is 32.1 Å². The molecule has 2 heterocycles. The third kappa shape index (κ3) is 3.43. The zero-order valence-corrected chi connectivity index (χ0v) is 10.8. The summed E-state index contributed by atoms with van der Waals surface area (Å²) in [5.74, 6) is 0.628. The molecule has 6 heteroatoms. The van der Waals surface area contributed by atoms with Gasteiger partial charge in [-0.15, -0.1) is 0 Å². The molecular formula is C11H17ClN4O. The molecule has 1 saturated heterocycles. The quantitative estimate of drug-likeness (QED) is 0.813. The van der Waals surface area contributed by atoms with E-state index >= 15 is 0 Å². The number of anilines is 1. The summed E-state index contributed by atoms with van der Waals surface area (Å²) in [6.45, 7) is 1.95. The minimum absolute atomic E-state index is 0.189. The molecule has 1 aliphatic rings. The Hall–Kier alpha value is -1.10. The highest BCUT2D eigenvalue weighted by atomic mass is 35.5. The molecule has 1 aliphatic heterocycles. The van der Waals surface area contributed by atoms with Crippen LogP contribution >= 0.6 is 11.6 Å². The second-order valence-corrected chi connectivity index (χ2v) is 4.48. The largest absolute Gasteiger partial charge is 0.467 e. The van der Waals surface area contributed by atoms with E-state index in [2.05, 4.69) is 19.9 Å². The Morgan fingerprint density at radius 1 is 1.00 bits per heavy atom. The number of halogens is 1. The van der Waals surface area contributed by atoms with Crippen molar-refractivity contribution < 1.29 is 4.74 Å². The molecule has 0 aliphatic carbocycles. The van der Waals surface area contributed by atoms with E-state index in [0.717, 1.165) is 13.1 Å². The molecule has 0 aromatic carbocycles. The first-order valence-electron chi connectivity index (χ1n) is 6.00. The van der Waals surface area contributed by atoms with Gasteiger partial charge in [0.1, 0.15) is 0 Å². The molecule has 0 bridgehead atoms. The van der Waals surface area contributed by atoms with Crippen LogP contribution in [-0.4, -0.2) is 35.2 Å². The third-order valence-electron chi connectivity index (χ3n) is 2.90. The van der Waals surface area contributed by atoms with Crippen LogP contribution in [0.5, 0.6) is 6.01 Å². The van der Waals surface area contributed by atoms with Gasteiger partial charge in [0.15, 0.2) is 0 Å². The van der Waals surface area contributed by atoms with Crippen molar-refractivity contribution >= 4 is 17.5 Å². The standard InChI is InChI=1S/C11H17ClN4O/c1-17-11-14-9(12)13-10(15-11)16-7-5-3-2-4-6-8-16/h2-8H2,1H3. The highest BCUT2D eigenvalue weighted by Crippen LogP contribution is 2.18. The molecule has 0 radical (unpaired) electrons. The number of aromatic nitrogens is 3. The first-order chi connectivity index (χ1) is 8.29. The van der Waals surface area contributed by atoms with Gasteiger partial charge in [0.25, 0.3) is 0 Å². The van der Waals surface area contributed by atoms with Crippen LogP contribution in [0.2, 0.25) is 5.28 Å². The molecule has 0 atom stereocenters. The maximum atomic E-state index is 5.85. The number of methoxy groups -OCH3 is 1. The average molecular weight is 257 g/mol. The molecule has 5 nitrogen and oxygen atoms in total. The lowest BCUT2D eigenvalue weighted by atomic mass is 10.1. The molecule has 0 N–H and O–H groups in total. The molecule has 1 aromatic rings. The molecular weight excluding hydrogens is 240 g/mol. The van der Waals surface area contributed by atoms with Crippen LogP contribution in [0, 0.1) is 0 Å². The maximum absolute atomic E-state index is 5.85. The average Bonchev–Trinajstić information content (AvgIpc) is 2.27. The van der Waals surface area contributed by atoms with Crippen molar-refractivity contribution in [2.24, 2.45) is 0 Å². The van der Waals surface area contributed by atoms with Crippen molar-refractivity contribution in [3.05, 3.63) is 5.28 Å². The van der Waals surface area contributed by atoms with Crippen molar-refractivity contribution in [1.82, 2.24) is 15.0 Å². The lowest BCUT2D eigenvalue weighted by Crippen LogP contribution is -2.29. The fourth-order valence-corrected chi connectivity index (χ4v) is 2.15. The Balaban J connectivity index is 2.15. The first kappa shape index (κ1) is 12.4. The van der Waals surface area contributed by atoms with Crippen molar-refractivity contribution in [3.8, 4) is 6.01 Å². The zero-order chi connectivity index (χ0) is 12.1. The number of hydrogen-bond donors (Lipinski definition) is 0. The number of ether oxygens (including phenoxy) is 1. The van der Waals surface area contributed by atoms with Gasteiger partial charge >= 0.3 is 6.01 Å². The summed E-state index contributed by atoms with van der Waals surface area (Å²) in [6.07, 6.45) is 6.21. The Labute approximate surface area is 106 Å². The number of nitrogens with zero attached hydrogens (tertiary/aromatic N) is 4. The van der Waals surface area contributed by atoms with Gasteiger partial charge in [-0.25, -0.2) is 0 Å². The monoisotopic (exact) mass is 256 g/mol. The van der Waals surface area contributed by atoms with Crippen LogP contribution in [0.4, 0.5) is 5.95 Å². The van der Waals surface area contributed by atoms with E-state index in [1.54, 1.807) is 0 Å². The highest BCUT2D eigenvalue weighted by molar-refractivity contribution is 6.28. The molecule has 0 unspecified atom stereocenters. The first-order valence-corrected chi connectivity index (χ1v) is 6.38. The lowest BCUT2D eigenvalue weighted by molar-refractivity contribution is 0.377. The fraction of sp³-hybridized carbons (Fsp3) is 0.727.